The van der Waals surface area contributed by atoms with Gasteiger partial charge in [-0.3, -0.25) is 4.79 Å². The van der Waals surface area contributed by atoms with Crippen LogP contribution in [0.5, 0.6) is 5.75 Å². The molecule has 0 aliphatic rings. The standard InChI is InChI=1S/C13H18O2/c1-9-6-10(2)11(3)12(7-9)15-13(4,5)8-14/h6-8H,1-5H3. The number of aryl methyl sites for hydroxylation is 2. The molecule has 2 nitrogen and oxygen atoms in total. The van der Waals surface area contributed by atoms with E-state index < -0.39 is 5.60 Å². The van der Waals surface area contributed by atoms with E-state index in [1.165, 1.54) is 5.56 Å². The highest BCUT2D eigenvalue weighted by atomic mass is 16.5. The molecule has 0 spiro atoms. The van der Waals surface area contributed by atoms with Gasteiger partial charge in [-0.15, -0.1) is 0 Å². The summed E-state index contributed by atoms with van der Waals surface area (Å²) >= 11 is 0. The highest BCUT2D eigenvalue weighted by molar-refractivity contribution is 5.62. The Hall–Kier alpha value is -1.31. The molecule has 0 aromatic heterocycles. The van der Waals surface area contributed by atoms with Crippen molar-refractivity contribution in [3.63, 3.8) is 0 Å². The van der Waals surface area contributed by atoms with E-state index in [9.17, 15) is 4.79 Å². The van der Waals surface area contributed by atoms with E-state index in [1.54, 1.807) is 13.8 Å². The van der Waals surface area contributed by atoms with Crippen LogP contribution in [0.4, 0.5) is 0 Å². The SMILES string of the molecule is Cc1cc(C)c(C)c(OC(C)(C)C=O)c1. The Balaban J connectivity index is 3.10. The van der Waals surface area contributed by atoms with Crippen molar-refractivity contribution in [3.05, 3.63) is 28.8 Å². The molecule has 0 N–H and O–H groups in total. The Morgan fingerprint density at radius 1 is 1.20 bits per heavy atom. The average molecular weight is 206 g/mol. The summed E-state index contributed by atoms with van der Waals surface area (Å²) in [7, 11) is 0. The first-order valence-electron chi connectivity index (χ1n) is 5.09. The van der Waals surface area contributed by atoms with Crippen LogP contribution in [0.3, 0.4) is 0 Å². The van der Waals surface area contributed by atoms with E-state index in [-0.39, 0.29) is 0 Å². The van der Waals surface area contributed by atoms with Crippen molar-refractivity contribution in [1.29, 1.82) is 0 Å². The molecular formula is C13H18O2. The van der Waals surface area contributed by atoms with E-state index >= 15 is 0 Å². The second-order valence-electron chi connectivity index (χ2n) is 4.53. The summed E-state index contributed by atoms with van der Waals surface area (Å²) in [6.45, 7) is 9.59. The molecule has 1 rings (SSSR count). The Kier molecular flexibility index (Phi) is 3.18. The van der Waals surface area contributed by atoms with Gasteiger partial charge < -0.3 is 4.74 Å². The third-order valence-electron chi connectivity index (χ3n) is 2.42. The van der Waals surface area contributed by atoms with Crippen LogP contribution in [0.2, 0.25) is 0 Å². The molecule has 0 aliphatic carbocycles. The van der Waals surface area contributed by atoms with Gasteiger partial charge in [-0.25, -0.2) is 0 Å². The summed E-state index contributed by atoms with van der Waals surface area (Å²) < 4.78 is 5.68. The molecule has 1 aromatic rings. The number of carbonyl (C=O) groups excluding carboxylic acids is 1. The van der Waals surface area contributed by atoms with Crippen LogP contribution in [0, 0.1) is 20.8 Å². The summed E-state index contributed by atoms with van der Waals surface area (Å²) in [5, 5.41) is 0. The zero-order valence-corrected chi connectivity index (χ0v) is 10.0. The van der Waals surface area contributed by atoms with Crippen LogP contribution in [-0.4, -0.2) is 11.9 Å². The predicted octanol–water partition coefficient (Wildman–Crippen LogP) is 2.97. The lowest BCUT2D eigenvalue weighted by Crippen LogP contribution is -2.30. The molecule has 0 amide bonds. The van der Waals surface area contributed by atoms with Gasteiger partial charge in [0.05, 0.1) is 0 Å². The molecule has 0 bridgehead atoms. The first-order valence-corrected chi connectivity index (χ1v) is 5.09. The highest BCUT2D eigenvalue weighted by Crippen LogP contribution is 2.26. The zero-order chi connectivity index (χ0) is 11.6. The van der Waals surface area contributed by atoms with E-state index in [0.717, 1.165) is 23.2 Å². The number of hydrogen-bond donors (Lipinski definition) is 0. The number of hydrogen-bond acceptors (Lipinski definition) is 2. The molecule has 0 saturated carbocycles. The molecule has 1 aromatic carbocycles. The number of carbonyl (C=O) groups is 1. The molecule has 0 unspecified atom stereocenters. The zero-order valence-electron chi connectivity index (χ0n) is 10.0. The van der Waals surface area contributed by atoms with Gasteiger partial charge in [0, 0.05) is 0 Å². The minimum Gasteiger partial charge on any atom is -0.480 e. The Labute approximate surface area is 91.3 Å². The molecule has 2 heteroatoms. The van der Waals surface area contributed by atoms with Gasteiger partial charge in [-0.05, 0) is 57.4 Å². The summed E-state index contributed by atoms with van der Waals surface area (Å²) in [5.74, 6) is 0.796. The predicted molar refractivity (Wildman–Crippen MR) is 61.4 cm³/mol. The van der Waals surface area contributed by atoms with Crippen LogP contribution in [0.15, 0.2) is 12.1 Å². The summed E-state index contributed by atoms with van der Waals surface area (Å²) in [5.41, 5.74) is 2.67. The molecule has 0 heterocycles. The van der Waals surface area contributed by atoms with E-state index in [2.05, 4.69) is 6.07 Å². The second kappa shape index (κ2) is 4.05. The maximum absolute atomic E-state index is 10.8. The van der Waals surface area contributed by atoms with Crippen molar-refractivity contribution in [2.45, 2.75) is 40.2 Å². The maximum atomic E-state index is 10.8. The van der Waals surface area contributed by atoms with Gasteiger partial charge in [-0.2, -0.15) is 0 Å². The van der Waals surface area contributed by atoms with Crippen molar-refractivity contribution >= 4 is 6.29 Å². The first-order chi connectivity index (χ1) is 6.85. The summed E-state index contributed by atoms with van der Waals surface area (Å²) in [6, 6.07) is 4.07. The van der Waals surface area contributed by atoms with Crippen molar-refractivity contribution in [2.75, 3.05) is 0 Å². The molecule has 0 aliphatic heterocycles. The van der Waals surface area contributed by atoms with Gasteiger partial charge in [0.1, 0.15) is 5.75 Å². The fourth-order valence-electron chi connectivity index (χ4n) is 1.41. The molecular weight excluding hydrogens is 188 g/mol. The molecule has 0 atom stereocenters. The Bertz CT molecular complexity index is 378. The lowest BCUT2D eigenvalue weighted by atomic mass is 10.0. The van der Waals surface area contributed by atoms with Crippen LogP contribution in [0.1, 0.15) is 30.5 Å². The van der Waals surface area contributed by atoms with Gasteiger partial charge in [0.2, 0.25) is 0 Å². The molecule has 0 fully saturated rings. The van der Waals surface area contributed by atoms with Crippen LogP contribution < -0.4 is 4.74 Å². The fourth-order valence-corrected chi connectivity index (χ4v) is 1.41. The van der Waals surface area contributed by atoms with Gasteiger partial charge >= 0.3 is 0 Å². The Morgan fingerprint density at radius 3 is 2.33 bits per heavy atom. The van der Waals surface area contributed by atoms with E-state index in [4.69, 9.17) is 4.74 Å². The van der Waals surface area contributed by atoms with Crippen molar-refractivity contribution in [2.24, 2.45) is 0 Å². The molecule has 0 radical (unpaired) electrons. The third-order valence-corrected chi connectivity index (χ3v) is 2.42. The van der Waals surface area contributed by atoms with Crippen molar-refractivity contribution in [3.8, 4) is 5.75 Å². The molecule has 15 heavy (non-hydrogen) atoms. The van der Waals surface area contributed by atoms with Crippen molar-refractivity contribution in [1.82, 2.24) is 0 Å². The second-order valence-corrected chi connectivity index (χ2v) is 4.53. The molecule has 82 valence electrons. The lowest BCUT2D eigenvalue weighted by molar-refractivity contribution is -0.119. The van der Waals surface area contributed by atoms with Crippen LogP contribution in [0.25, 0.3) is 0 Å². The summed E-state index contributed by atoms with van der Waals surface area (Å²) in [6.07, 6.45) is 0.824. The maximum Gasteiger partial charge on any atom is 0.162 e. The minimum atomic E-state index is -0.759. The lowest BCUT2D eigenvalue weighted by Gasteiger charge is -2.22. The fraction of sp³-hybridized carbons (Fsp3) is 0.462. The van der Waals surface area contributed by atoms with Crippen LogP contribution >= 0.6 is 0 Å². The molecule has 0 saturated heterocycles. The summed E-state index contributed by atoms with van der Waals surface area (Å²) in [4.78, 5) is 10.8. The number of benzene rings is 1. The first kappa shape index (κ1) is 11.8. The number of ether oxygens (including phenoxy) is 1. The smallest absolute Gasteiger partial charge is 0.162 e. The van der Waals surface area contributed by atoms with E-state index in [1.807, 2.05) is 26.8 Å². The largest absolute Gasteiger partial charge is 0.480 e. The van der Waals surface area contributed by atoms with Gasteiger partial charge in [0.15, 0.2) is 11.9 Å². The van der Waals surface area contributed by atoms with E-state index in [0.29, 0.717) is 0 Å². The topological polar surface area (TPSA) is 26.3 Å². The number of rotatable bonds is 3. The van der Waals surface area contributed by atoms with Crippen molar-refractivity contribution < 1.29 is 9.53 Å². The van der Waals surface area contributed by atoms with Gasteiger partial charge in [0.25, 0.3) is 0 Å². The number of aldehydes is 1. The van der Waals surface area contributed by atoms with Gasteiger partial charge in [-0.1, -0.05) is 6.07 Å². The highest BCUT2D eigenvalue weighted by Gasteiger charge is 2.19. The average Bonchev–Trinajstić information content (AvgIpc) is 2.13. The minimum absolute atomic E-state index is 0.759. The third kappa shape index (κ3) is 2.82. The monoisotopic (exact) mass is 206 g/mol. The normalized spacial score (nSPS) is 11.3. The van der Waals surface area contributed by atoms with Crippen LogP contribution in [-0.2, 0) is 4.79 Å². The quantitative estimate of drug-likeness (QED) is 0.711. The Morgan fingerprint density at radius 2 is 1.80 bits per heavy atom.